The van der Waals surface area contributed by atoms with E-state index in [4.69, 9.17) is 0 Å². The third-order valence-electron chi connectivity index (χ3n) is 3.54. The number of nitrogens with zero attached hydrogens (tertiary/aromatic N) is 2. The van der Waals surface area contributed by atoms with Gasteiger partial charge in [-0.25, -0.2) is 14.4 Å². The molecule has 1 aromatic carbocycles. The van der Waals surface area contributed by atoms with E-state index in [1.807, 2.05) is 19.9 Å². The van der Waals surface area contributed by atoms with E-state index in [9.17, 15) is 4.39 Å². The van der Waals surface area contributed by atoms with Crippen molar-refractivity contribution < 1.29 is 4.39 Å². The normalized spacial score (nSPS) is 14.0. The summed E-state index contributed by atoms with van der Waals surface area (Å²) in [6.07, 6.45) is 2.29. The van der Waals surface area contributed by atoms with E-state index >= 15 is 0 Å². The lowest BCUT2D eigenvalue weighted by Gasteiger charge is -2.14. The molecule has 0 amide bonds. The Kier molecular flexibility index (Phi) is 3.73. The Labute approximate surface area is 123 Å². The molecule has 4 nitrogen and oxygen atoms in total. The van der Waals surface area contributed by atoms with Gasteiger partial charge in [0.1, 0.15) is 23.3 Å². The lowest BCUT2D eigenvalue weighted by molar-refractivity contribution is 0.628. The summed E-state index contributed by atoms with van der Waals surface area (Å²) in [6, 6.07) is 6.40. The van der Waals surface area contributed by atoms with Crippen LogP contribution in [0.5, 0.6) is 0 Å². The molecule has 3 rings (SSSR count). The van der Waals surface area contributed by atoms with Crippen LogP contribution in [0.15, 0.2) is 24.3 Å². The summed E-state index contributed by atoms with van der Waals surface area (Å²) in [5, 5.41) is 6.47. The highest BCUT2D eigenvalue weighted by atomic mass is 19.1. The number of hydrogen-bond acceptors (Lipinski definition) is 4. The van der Waals surface area contributed by atoms with Crippen molar-refractivity contribution in [1.82, 2.24) is 9.97 Å². The Bertz CT molecular complexity index is 653. The average molecular weight is 286 g/mol. The Hall–Kier alpha value is -2.17. The number of hydrogen-bond donors (Lipinski definition) is 2. The number of rotatable bonds is 5. The predicted molar refractivity (Wildman–Crippen MR) is 82.6 cm³/mol. The number of benzene rings is 1. The van der Waals surface area contributed by atoms with Gasteiger partial charge in [-0.05, 0) is 44.9 Å². The Balaban J connectivity index is 1.95. The van der Waals surface area contributed by atoms with E-state index in [-0.39, 0.29) is 5.82 Å². The minimum atomic E-state index is -0.263. The first-order chi connectivity index (χ1) is 10.2. The molecule has 0 aliphatic heterocycles. The molecular formula is C16H19FN4. The summed E-state index contributed by atoms with van der Waals surface area (Å²) in [4.78, 5) is 9.23. The Morgan fingerprint density at radius 2 is 2.00 bits per heavy atom. The average Bonchev–Trinajstić information content (AvgIpc) is 3.28. The van der Waals surface area contributed by atoms with Crippen LogP contribution in [0.2, 0.25) is 0 Å². The van der Waals surface area contributed by atoms with Crippen LogP contribution in [0.3, 0.4) is 0 Å². The molecule has 1 heterocycles. The zero-order chi connectivity index (χ0) is 14.8. The first-order valence-electron chi connectivity index (χ1n) is 7.32. The minimum absolute atomic E-state index is 0.263. The van der Waals surface area contributed by atoms with Gasteiger partial charge in [0, 0.05) is 23.7 Å². The fourth-order valence-corrected chi connectivity index (χ4v) is 2.22. The molecule has 110 valence electrons. The summed E-state index contributed by atoms with van der Waals surface area (Å²) in [5.74, 6) is 2.68. The van der Waals surface area contributed by atoms with E-state index < -0.39 is 0 Å². The van der Waals surface area contributed by atoms with Gasteiger partial charge < -0.3 is 10.6 Å². The van der Waals surface area contributed by atoms with Crippen LogP contribution in [0.4, 0.5) is 21.7 Å². The highest BCUT2D eigenvalue weighted by molar-refractivity contribution is 5.64. The van der Waals surface area contributed by atoms with Crippen molar-refractivity contribution in [3.8, 4) is 0 Å². The van der Waals surface area contributed by atoms with Crippen molar-refractivity contribution >= 4 is 17.3 Å². The molecule has 0 unspecified atom stereocenters. The molecule has 0 bridgehead atoms. The topological polar surface area (TPSA) is 49.8 Å². The number of nitrogens with one attached hydrogen (secondary N) is 2. The van der Waals surface area contributed by atoms with Gasteiger partial charge in [0.05, 0.1) is 0 Å². The number of anilines is 3. The predicted octanol–water partition coefficient (Wildman–Crippen LogP) is 3.98. The van der Waals surface area contributed by atoms with E-state index in [1.54, 1.807) is 6.07 Å². The molecule has 21 heavy (non-hydrogen) atoms. The fourth-order valence-electron chi connectivity index (χ4n) is 2.22. The summed E-state index contributed by atoms with van der Waals surface area (Å²) in [5.41, 5.74) is 1.64. The largest absolute Gasteiger partial charge is 0.370 e. The van der Waals surface area contributed by atoms with Gasteiger partial charge in [-0.15, -0.1) is 0 Å². The second-order valence-electron chi connectivity index (χ2n) is 5.34. The molecule has 0 atom stereocenters. The maximum absolute atomic E-state index is 13.3. The van der Waals surface area contributed by atoms with Crippen LogP contribution >= 0.6 is 0 Å². The first-order valence-corrected chi connectivity index (χ1v) is 7.32. The van der Waals surface area contributed by atoms with Gasteiger partial charge in [0.15, 0.2) is 0 Å². The molecule has 1 saturated carbocycles. The smallest absolute Gasteiger partial charge is 0.139 e. The third-order valence-corrected chi connectivity index (χ3v) is 3.54. The zero-order valence-electron chi connectivity index (χ0n) is 12.3. The van der Waals surface area contributed by atoms with E-state index in [1.165, 1.54) is 12.1 Å². The van der Waals surface area contributed by atoms with Crippen LogP contribution in [-0.4, -0.2) is 16.5 Å². The van der Waals surface area contributed by atoms with Gasteiger partial charge >= 0.3 is 0 Å². The van der Waals surface area contributed by atoms with Gasteiger partial charge in [0.25, 0.3) is 0 Å². The molecule has 0 saturated heterocycles. The summed E-state index contributed by atoms with van der Waals surface area (Å²) < 4.78 is 13.3. The van der Waals surface area contributed by atoms with Crippen LogP contribution in [0.25, 0.3) is 0 Å². The Morgan fingerprint density at radius 1 is 1.24 bits per heavy atom. The molecule has 1 fully saturated rings. The SMILES string of the molecule is CCNc1nc(C2CC2)nc(Nc2cccc(F)c2)c1C. The fraction of sp³-hybridized carbons (Fsp3) is 0.375. The monoisotopic (exact) mass is 286 g/mol. The minimum Gasteiger partial charge on any atom is -0.370 e. The zero-order valence-corrected chi connectivity index (χ0v) is 12.3. The van der Waals surface area contributed by atoms with Gasteiger partial charge in [-0.1, -0.05) is 6.07 Å². The van der Waals surface area contributed by atoms with Crippen LogP contribution in [0, 0.1) is 12.7 Å². The van der Waals surface area contributed by atoms with E-state index in [0.29, 0.717) is 11.6 Å². The lowest BCUT2D eigenvalue weighted by atomic mass is 10.2. The molecule has 1 aliphatic carbocycles. The molecule has 0 radical (unpaired) electrons. The number of halogens is 1. The molecule has 1 aromatic heterocycles. The van der Waals surface area contributed by atoms with Crippen molar-refractivity contribution in [3.05, 3.63) is 41.5 Å². The van der Waals surface area contributed by atoms with Gasteiger partial charge in [0.2, 0.25) is 0 Å². The summed E-state index contributed by atoms with van der Waals surface area (Å²) >= 11 is 0. The van der Waals surface area contributed by atoms with Crippen molar-refractivity contribution in [2.24, 2.45) is 0 Å². The quantitative estimate of drug-likeness (QED) is 0.873. The lowest BCUT2D eigenvalue weighted by Crippen LogP contribution is -2.09. The summed E-state index contributed by atoms with van der Waals surface area (Å²) in [7, 11) is 0. The highest BCUT2D eigenvalue weighted by Gasteiger charge is 2.28. The molecule has 0 spiro atoms. The summed E-state index contributed by atoms with van der Waals surface area (Å²) in [6.45, 7) is 4.82. The van der Waals surface area contributed by atoms with Gasteiger partial charge in [-0.3, -0.25) is 0 Å². The molecule has 2 N–H and O–H groups in total. The Morgan fingerprint density at radius 3 is 2.67 bits per heavy atom. The van der Waals surface area contributed by atoms with Crippen molar-refractivity contribution in [1.29, 1.82) is 0 Å². The second-order valence-corrected chi connectivity index (χ2v) is 5.34. The molecular weight excluding hydrogens is 267 g/mol. The van der Waals surface area contributed by atoms with Crippen molar-refractivity contribution in [3.63, 3.8) is 0 Å². The van der Waals surface area contributed by atoms with Crippen LogP contribution in [-0.2, 0) is 0 Å². The second kappa shape index (κ2) is 5.68. The molecule has 1 aliphatic rings. The first kappa shape index (κ1) is 13.8. The van der Waals surface area contributed by atoms with Crippen molar-refractivity contribution in [2.75, 3.05) is 17.2 Å². The maximum Gasteiger partial charge on any atom is 0.139 e. The highest BCUT2D eigenvalue weighted by Crippen LogP contribution is 2.39. The van der Waals surface area contributed by atoms with Gasteiger partial charge in [-0.2, -0.15) is 0 Å². The number of aromatic nitrogens is 2. The maximum atomic E-state index is 13.3. The van der Waals surface area contributed by atoms with Crippen LogP contribution < -0.4 is 10.6 Å². The standard InChI is InChI=1S/C16H19FN4/c1-3-18-14-10(2)15(21-16(20-14)11-7-8-11)19-13-6-4-5-12(17)9-13/h4-6,9,11H,3,7-8H2,1-2H3,(H2,18,19,20,21). The molecule has 2 aromatic rings. The van der Waals surface area contributed by atoms with Crippen LogP contribution in [0.1, 0.15) is 37.1 Å². The van der Waals surface area contributed by atoms with E-state index in [0.717, 1.165) is 42.4 Å². The van der Waals surface area contributed by atoms with Crippen molar-refractivity contribution in [2.45, 2.75) is 32.6 Å². The van der Waals surface area contributed by atoms with E-state index in [2.05, 4.69) is 20.6 Å². The molecule has 5 heteroatoms. The third kappa shape index (κ3) is 3.12.